The number of hydrogen-bond acceptors (Lipinski definition) is 5. The predicted octanol–water partition coefficient (Wildman–Crippen LogP) is 15.5. The summed E-state index contributed by atoms with van der Waals surface area (Å²) in [4.78, 5) is 10.5. The van der Waals surface area contributed by atoms with E-state index in [4.69, 9.17) is 0 Å². The minimum atomic E-state index is -0.0263. The van der Waals surface area contributed by atoms with Gasteiger partial charge in [-0.15, -0.1) is 0 Å². The Morgan fingerprint density at radius 3 is 1.21 bits per heavy atom. The third-order valence-corrected chi connectivity index (χ3v) is 17.0. The first-order valence-corrected chi connectivity index (χ1v) is 30.0. The van der Waals surface area contributed by atoms with Gasteiger partial charge in [0.05, 0.1) is 13.1 Å². The molecule has 0 unspecified atom stereocenters. The molecule has 0 aromatic heterocycles. The summed E-state index contributed by atoms with van der Waals surface area (Å²) in [7, 11) is 0. The number of fused-ring (bicyclic) bond motifs is 2. The van der Waals surface area contributed by atoms with Crippen LogP contribution in [0.5, 0.6) is 0 Å². The highest BCUT2D eigenvalue weighted by Gasteiger charge is 2.41. The zero-order chi connectivity index (χ0) is 50.3. The van der Waals surface area contributed by atoms with Gasteiger partial charge in [0.25, 0.3) is 0 Å². The Labute approximate surface area is 437 Å². The molecule has 6 nitrogen and oxygen atoms in total. The molecule has 6 heteroatoms. The van der Waals surface area contributed by atoms with Crippen LogP contribution in [-0.2, 0) is 10.8 Å². The molecule has 3 fully saturated rings. The number of rotatable bonds is 26. The van der Waals surface area contributed by atoms with E-state index < -0.39 is 0 Å². The molecule has 0 bridgehead atoms. The molecule has 1 saturated carbocycles. The minimum Gasteiger partial charge on any atom is -0.344 e. The summed E-state index contributed by atoms with van der Waals surface area (Å²) in [5.41, 5.74) is 13.2. The molecular weight excluding hydrogens is 865 g/mol. The van der Waals surface area contributed by atoms with Crippen molar-refractivity contribution in [2.75, 3.05) is 88.3 Å². The summed E-state index contributed by atoms with van der Waals surface area (Å²) in [6, 6.07) is 18.5. The molecule has 71 heavy (non-hydrogen) atoms. The summed E-state index contributed by atoms with van der Waals surface area (Å²) in [5, 5.41) is 3.31. The molecule has 2 aromatic rings. The highest BCUT2D eigenvalue weighted by atomic mass is 15.2. The average molecular weight is 971 g/mol. The van der Waals surface area contributed by atoms with E-state index in [2.05, 4.69) is 158 Å². The number of anilines is 2. The zero-order valence-electron chi connectivity index (χ0n) is 47.2. The first-order chi connectivity index (χ1) is 34.6. The van der Waals surface area contributed by atoms with Crippen LogP contribution in [0.25, 0.3) is 0 Å². The number of nitrogens with one attached hydrogen (secondary N) is 1. The van der Waals surface area contributed by atoms with E-state index in [-0.39, 0.29) is 10.8 Å². The van der Waals surface area contributed by atoms with E-state index in [0.717, 1.165) is 58.7 Å². The topological polar surface area (TPSA) is 28.0 Å². The highest BCUT2D eigenvalue weighted by molar-refractivity contribution is 6.12. The van der Waals surface area contributed by atoms with Gasteiger partial charge in [-0.25, -0.2) is 4.58 Å². The van der Waals surface area contributed by atoms with Crippen LogP contribution in [-0.4, -0.2) is 98.6 Å². The summed E-state index contributed by atoms with van der Waals surface area (Å²) in [6.07, 6.45) is 39.9. The van der Waals surface area contributed by atoms with Gasteiger partial charge in [0.1, 0.15) is 0 Å². The summed E-state index contributed by atoms with van der Waals surface area (Å²) in [6.45, 7) is 32.9. The third kappa shape index (κ3) is 16.0. The molecule has 4 aliphatic heterocycles. The van der Waals surface area contributed by atoms with E-state index in [1.54, 1.807) is 0 Å². The average Bonchev–Trinajstić information content (AvgIpc) is 3.97. The third-order valence-electron chi connectivity index (χ3n) is 17.0. The van der Waals surface area contributed by atoms with Gasteiger partial charge in [-0.1, -0.05) is 220 Å². The van der Waals surface area contributed by atoms with Crippen LogP contribution in [0.2, 0.25) is 0 Å². The Bertz CT molecular complexity index is 1910. The maximum absolute atomic E-state index is 3.31. The van der Waals surface area contributed by atoms with E-state index in [1.165, 1.54) is 212 Å². The van der Waals surface area contributed by atoms with Crippen LogP contribution < -0.4 is 15.1 Å². The first kappa shape index (κ1) is 56.8. The fourth-order valence-electron chi connectivity index (χ4n) is 12.4. The van der Waals surface area contributed by atoms with Crippen molar-refractivity contribution in [1.82, 2.24) is 15.1 Å². The summed E-state index contributed by atoms with van der Waals surface area (Å²) < 4.78 is 2.75. The maximum atomic E-state index is 3.31. The smallest absolute Gasteiger partial charge is 0.206 e. The van der Waals surface area contributed by atoms with Crippen molar-refractivity contribution >= 4 is 17.1 Å². The lowest BCUT2D eigenvalue weighted by Gasteiger charge is -2.27. The number of piperazine rings is 2. The monoisotopic (exact) mass is 970 g/mol. The highest BCUT2D eigenvalue weighted by Crippen LogP contribution is 2.49. The lowest BCUT2D eigenvalue weighted by atomic mass is 9.83. The number of allylic oxidation sites excluding steroid dienone is 8. The lowest BCUT2D eigenvalue weighted by Crippen LogP contribution is -2.43. The Balaban J connectivity index is 0.000000937. The van der Waals surface area contributed by atoms with Gasteiger partial charge in [-0.2, -0.15) is 0 Å². The minimum absolute atomic E-state index is 0.0263. The van der Waals surface area contributed by atoms with Crippen molar-refractivity contribution in [2.45, 2.75) is 207 Å². The predicted molar refractivity (Wildman–Crippen MR) is 311 cm³/mol. The van der Waals surface area contributed by atoms with Gasteiger partial charge in [0, 0.05) is 84.0 Å². The Hall–Kier alpha value is -3.45. The first-order valence-electron chi connectivity index (χ1n) is 30.0. The second kappa shape index (κ2) is 30.0. The SMILES string of the molecule is CCCCCCCCCCCCN1C(=CC=C2CC/C(=C\C=C3\N(CCCCCCCCCCCC)c4ccccc4C3(C)C)C2=[N+]2CCN(CC)CC2)C(C)(C)c2ccccc21.CCN1CCNCC1. The molecule has 0 spiro atoms. The molecule has 2 saturated heterocycles. The molecule has 0 atom stereocenters. The van der Waals surface area contributed by atoms with Gasteiger partial charge in [0.2, 0.25) is 5.71 Å². The molecule has 0 radical (unpaired) electrons. The van der Waals surface area contributed by atoms with Crippen molar-refractivity contribution in [3.8, 4) is 0 Å². The molecular formula is C65H105N6+. The number of likely N-dealkylation sites (N-methyl/N-ethyl adjacent to an activating group) is 2. The van der Waals surface area contributed by atoms with Crippen molar-refractivity contribution in [1.29, 1.82) is 0 Å². The van der Waals surface area contributed by atoms with Gasteiger partial charge in [0.15, 0.2) is 13.1 Å². The van der Waals surface area contributed by atoms with Crippen molar-refractivity contribution in [2.24, 2.45) is 0 Å². The summed E-state index contributed by atoms with van der Waals surface area (Å²) in [5.74, 6) is 0. The quantitative estimate of drug-likeness (QED) is 0.0749. The van der Waals surface area contributed by atoms with E-state index in [1.807, 2.05) is 0 Å². The molecule has 0 amide bonds. The largest absolute Gasteiger partial charge is 0.344 e. The number of hydrogen-bond donors (Lipinski definition) is 1. The molecule has 1 aliphatic carbocycles. The number of nitrogens with zero attached hydrogens (tertiary/aromatic N) is 5. The van der Waals surface area contributed by atoms with Crippen molar-refractivity contribution in [3.63, 3.8) is 0 Å². The Morgan fingerprint density at radius 2 is 0.831 bits per heavy atom. The normalized spacial score (nSPS) is 21.2. The molecule has 7 rings (SSSR count). The van der Waals surface area contributed by atoms with Crippen molar-refractivity contribution in [3.05, 3.63) is 107 Å². The van der Waals surface area contributed by atoms with Crippen LogP contribution in [0, 0.1) is 0 Å². The molecule has 4 heterocycles. The van der Waals surface area contributed by atoms with Gasteiger partial charge in [-0.05, 0) is 74.2 Å². The number of benzene rings is 2. The van der Waals surface area contributed by atoms with Crippen LogP contribution >= 0.6 is 0 Å². The van der Waals surface area contributed by atoms with Crippen LogP contribution in [0.3, 0.4) is 0 Å². The van der Waals surface area contributed by atoms with E-state index in [9.17, 15) is 0 Å². The van der Waals surface area contributed by atoms with E-state index >= 15 is 0 Å². The number of unbranched alkanes of at least 4 members (excludes halogenated alkanes) is 18. The van der Waals surface area contributed by atoms with Gasteiger partial charge < -0.3 is 20.0 Å². The van der Waals surface area contributed by atoms with E-state index in [0.29, 0.717) is 0 Å². The molecule has 5 aliphatic rings. The van der Waals surface area contributed by atoms with Gasteiger partial charge >= 0.3 is 0 Å². The maximum Gasteiger partial charge on any atom is 0.206 e. The summed E-state index contributed by atoms with van der Waals surface area (Å²) >= 11 is 0. The second-order valence-corrected chi connectivity index (χ2v) is 22.9. The Morgan fingerprint density at radius 1 is 0.465 bits per heavy atom. The van der Waals surface area contributed by atoms with Crippen LogP contribution in [0.4, 0.5) is 11.4 Å². The van der Waals surface area contributed by atoms with Crippen LogP contribution in [0.1, 0.15) is 208 Å². The van der Waals surface area contributed by atoms with Crippen LogP contribution in [0.15, 0.2) is 95.4 Å². The molecule has 394 valence electrons. The molecule has 1 N–H and O–H groups in total. The number of para-hydroxylation sites is 2. The zero-order valence-corrected chi connectivity index (χ0v) is 47.2. The lowest BCUT2D eigenvalue weighted by molar-refractivity contribution is -0.538. The fourth-order valence-corrected chi connectivity index (χ4v) is 12.4. The fraction of sp³-hybridized carbons (Fsp3) is 0.677. The van der Waals surface area contributed by atoms with Gasteiger partial charge in [-0.3, -0.25) is 4.90 Å². The standard InChI is InChI=1S/C59H91N4.C6H14N2/c1-8-11-13-15-17-19-21-23-25-31-43-62-53-35-29-27-33-51(53)58(4,5)55(62)41-39-49-37-38-50(57(49)61-47-45-60(10-3)46-48-61)40-42-56-59(6,7)52-34-28-30-36-54(52)63(56)44-32-26-24-22-20-18-16-14-12-9-2;1-2-8-5-3-7-4-6-8/h27-30,33-36,39-42H,8-26,31-32,37-38,43-48H2,1-7H3;7H,2-6H2,1H3/q+1;. The second-order valence-electron chi connectivity index (χ2n) is 22.9. The molecule has 2 aromatic carbocycles. The van der Waals surface area contributed by atoms with Crippen molar-refractivity contribution < 1.29 is 4.58 Å². The Kier molecular flexibility index (Phi) is 24.1.